The molecule has 0 saturated heterocycles. The average molecular weight is 273 g/mol. The third kappa shape index (κ3) is 2.05. The summed E-state index contributed by atoms with van der Waals surface area (Å²) in [5.41, 5.74) is 1.21. The van der Waals surface area contributed by atoms with Crippen molar-refractivity contribution < 1.29 is 0 Å². The van der Waals surface area contributed by atoms with E-state index in [1.807, 2.05) is 0 Å². The topological polar surface area (TPSA) is 37.8 Å². The molecule has 0 aromatic carbocycles. The molecule has 4 heteroatoms. The Morgan fingerprint density at radius 2 is 2.13 bits per heavy atom. The van der Waals surface area contributed by atoms with E-state index in [0.29, 0.717) is 5.92 Å². The van der Waals surface area contributed by atoms with Gasteiger partial charge < -0.3 is 0 Å². The van der Waals surface area contributed by atoms with Crippen LogP contribution in [-0.4, -0.2) is 9.78 Å². The van der Waals surface area contributed by atoms with Gasteiger partial charge in [0.05, 0.1) is 5.69 Å². The molecule has 3 nitrogen and oxygen atoms in total. The molecule has 0 amide bonds. The summed E-state index contributed by atoms with van der Waals surface area (Å²) >= 11 is 3.42. The quantitative estimate of drug-likeness (QED) is 0.903. The molecular weight excluding hydrogens is 256 g/mol. The van der Waals surface area contributed by atoms with Crippen LogP contribution in [0.15, 0.2) is 9.27 Å². The lowest BCUT2D eigenvalue weighted by molar-refractivity contribution is 0.564. The van der Waals surface area contributed by atoms with Crippen LogP contribution in [0.3, 0.4) is 0 Å². The molecule has 2 rings (SSSR count). The Kier molecular flexibility index (Phi) is 3.34. The van der Waals surface area contributed by atoms with Crippen molar-refractivity contribution in [1.82, 2.24) is 9.78 Å². The van der Waals surface area contributed by atoms with Gasteiger partial charge in [-0.1, -0.05) is 19.8 Å². The largest absolute Gasteiger partial charge is 0.298 e. The molecule has 84 valence electrons. The van der Waals surface area contributed by atoms with E-state index in [1.165, 1.54) is 25.7 Å². The van der Waals surface area contributed by atoms with Crippen molar-refractivity contribution in [2.24, 2.45) is 0 Å². The fourth-order valence-corrected chi connectivity index (χ4v) is 2.97. The third-order valence-corrected chi connectivity index (χ3v) is 3.90. The minimum absolute atomic E-state index is 0.0961. The first-order chi connectivity index (χ1) is 7.24. The molecule has 1 fully saturated rings. The standard InChI is InChI=1S/C11H17BrN2O/c1-2-7-14-11(15)9(12)10(13-14)8-5-3-4-6-8/h8,13H,2-7H2,1H3. The number of rotatable bonds is 3. The molecule has 1 N–H and O–H groups in total. The van der Waals surface area contributed by atoms with Crippen molar-refractivity contribution in [3.63, 3.8) is 0 Å². The number of aromatic amines is 1. The zero-order chi connectivity index (χ0) is 10.8. The van der Waals surface area contributed by atoms with Gasteiger partial charge in [0.25, 0.3) is 5.56 Å². The summed E-state index contributed by atoms with van der Waals surface area (Å²) in [7, 11) is 0. The van der Waals surface area contributed by atoms with Crippen molar-refractivity contribution in [2.75, 3.05) is 0 Å². The lowest BCUT2D eigenvalue weighted by Gasteiger charge is -2.06. The first-order valence-electron chi connectivity index (χ1n) is 5.72. The number of aromatic nitrogens is 2. The summed E-state index contributed by atoms with van der Waals surface area (Å²) < 4.78 is 2.47. The molecule has 15 heavy (non-hydrogen) atoms. The summed E-state index contributed by atoms with van der Waals surface area (Å²) in [4.78, 5) is 11.8. The minimum atomic E-state index is 0.0961. The second-order valence-electron chi connectivity index (χ2n) is 4.28. The van der Waals surface area contributed by atoms with Gasteiger partial charge in [-0.05, 0) is 35.2 Å². The maximum atomic E-state index is 11.8. The van der Waals surface area contributed by atoms with E-state index in [1.54, 1.807) is 4.68 Å². The van der Waals surface area contributed by atoms with Gasteiger partial charge in [-0.25, -0.2) is 0 Å². The molecule has 0 bridgehead atoms. The first kappa shape index (κ1) is 11.0. The van der Waals surface area contributed by atoms with Crippen molar-refractivity contribution in [3.05, 3.63) is 20.5 Å². The number of nitrogens with one attached hydrogen (secondary N) is 1. The monoisotopic (exact) mass is 272 g/mol. The van der Waals surface area contributed by atoms with Crippen LogP contribution in [0.4, 0.5) is 0 Å². The van der Waals surface area contributed by atoms with Crippen LogP contribution in [0.1, 0.15) is 50.6 Å². The van der Waals surface area contributed by atoms with Gasteiger partial charge in [0, 0.05) is 12.5 Å². The number of aryl methyl sites for hydroxylation is 1. The highest BCUT2D eigenvalue weighted by Crippen LogP contribution is 2.35. The van der Waals surface area contributed by atoms with Gasteiger partial charge in [0.1, 0.15) is 4.47 Å². The molecule has 0 aliphatic heterocycles. The Hall–Kier alpha value is -0.510. The van der Waals surface area contributed by atoms with Crippen LogP contribution < -0.4 is 5.56 Å². The van der Waals surface area contributed by atoms with Crippen molar-refractivity contribution in [3.8, 4) is 0 Å². The van der Waals surface area contributed by atoms with E-state index >= 15 is 0 Å². The van der Waals surface area contributed by atoms with Crippen LogP contribution in [-0.2, 0) is 6.54 Å². The Morgan fingerprint density at radius 3 is 2.73 bits per heavy atom. The predicted molar refractivity (Wildman–Crippen MR) is 64.3 cm³/mol. The molecule has 1 heterocycles. The molecule has 1 aliphatic carbocycles. The van der Waals surface area contributed by atoms with Crippen molar-refractivity contribution >= 4 is 15.9 Å². The summed E-state index contributed by atoms with van der Waals surface area (Å²) in [6.45, 7) is 2.86. The van der Waals surface area contributed by atoms with Crippen LogP contribution >= 0.6 is 15.9 Å². The van der Waals surface area contributed by atoms with Gasteiger partial charge in [0.2, 0.25) is 0 Å². The number of hydrogen-bond donors (Lipinski definition) is 1. The number of nitrogens with zero attached hydrogens (tertiary/aromatic N) is 1. The van der Waals surface area contributed by atoms with Gasteiger partial charge >= 0.3 is 0 Å². The van der Waals surface area contributed by atoms with Gasteiger partial charge in [0.15, 0.2) is 0 Å². The summed E-state index contributed by atoms with van der Waals surface area (Å²) in [5, 5.41) is 3.25. The normalized spacial score (nSPS) is 17.5. The molecule has 0 unspecified atom stereocenters. The van der Waals surface area contributed by atoms with Crippen molar-refractivity contribution in [1.29, 1.82) is 0 Å². The SMILES string of the molecule is CCCn1[nH]c(C2CCCC2)c(Br)c1=O. The predicted octanol–water partition coefficient (Wildman–Crippen LogP) is 3.01. The fourth-order valence-electron chi connectivity index (χ4n) is 2.34. The van der Waals surface area contributed by atoms with E-state index in [9.17, 15) is 4.79 Å². The number of H-pyrrole nitrogens is 1. The molecule has 0 atom stereocenters. The molecular formula is C11H17BrN2O. The lowest BCUT2D eigenvalue weighted by atomic mass is 10.1. The second kappa shape index (κ2) is 4.56. The molecule has 0 radical (unpaired) electrons. The lowest BCUT2D eigenvalue weighted by Crippen LogP contribution is -2.16. The van der Waals surface area contributed by atoms with Gasteiger partial charge in [-0.2, -0.15) is 0 Å². The second-order valence-corrected chi connectivity index (χ2v) is 5.07. The smallest absolute Gasteiger partial charge is 0.281 e. The number of halogens is 1. The van der Waals surface area contributed by atoms with Gasteiger partial charge in [-0.15, -0.1) is 0 Å². The molecule has 1 aromatic rings. The van der Waals surface area contributed by atoms with Crippen molar-refractivity contribution in [2.45, 2.75) is 51.5 Å². The Morgan fingerprint density at radius 1 is 1.47 bits per heavy atom. The minimum Gasteiger partial charge on any atom is -0.298 e. The number of hydrogen-bond acceptors (Lipinski definition) is 1. The van der Waals surface area contributed by atoms with E-state index in [-0.39, 0.29) is 5.56 Å². The molecule has 1 aliphatic rings. The summed E-state index contributed by atoms with van der Waals surface area (Å²) in [6, 6.07) is 0. The molecule has 1 aromatic heterocycles. The summed E-state index contributed by atoms with van der Waals surface area (Å²) in [6.07, 6.45) is 5.99. The average Bonchev–Trinajstić information content (AvgIpc) is 2.82. The van der Waals surface area contributed by atoms with Gasteiger partial charge in [-0.3, -0.25) is 14.6 Å². The van der Waals surface area contributed by atoms with E-state index < -0.39 is 0 Å². The van der Waals surface area contributed by atoms with Crippen LogP contribution in [0.5, 0.6) is 0 Å². The van der Waals surface area contributed by atoms with E-state index in [4.69, 9.17) is 0 Å². The van der Waals surface area contributed by atoms with E-state index in [0.717, 1.165) is 23.1 Å². The maximum absolute atomic E-state index is 11.8. The molecule has 0 spiro atoms. The zero-order valence-electron chi connectivity index (χ0n) is 9.05. The Bertz CT molecular complexity index is 388. The first-order valence-corrected chi connectivity index (χ1v) is 6.51. The Balaban J connectivity index is 2.31. The molecule has 1 saturated carbocycles. The van der Waals surface area contributed by atoms with Crippen LogP contribution in [0.25, 0.3) is 0 Å². The zero-order valence-corrected chi connectivity index (χ0v) is 10.6. The fraction of sp³-hybridized carbons (Fsp3) is 0.727. The highest BCUT2D eigenvalue weighted by atomic mass is 79.9. The van der Waals surface area contributed by atoms with Crippen LogP contribution in [0, 0.1) is 0 Å². The summed E-state index contributed by atoms with van der Waals surface area (Å²) in [5.74, 6) is 0.560. The Labute approximate surface area is 98.0 Å². The highest BCUT2D eigenvalue weighted by molar-refractivity contribution is 9.10. The highest BCUT2D eigenvalue weighted by Gasteiger charge is 2.23. The van der Waals surface area contributed by atoms with E-state index in [2.05, 4.69) is 28.0 Å². The third-order valence-electron chi connectivity index (χ3n) is 3.14. The van der Waals surface area contributed by atoms with Crippen LogP contribution in [0.2, 0.25) is 0 Å². The maximum Gasteiger partial charge on any atom is 0.281 e.